The van der Waals surface area contributed by atoms with Crippen LogP contribution in [0.4, 0.5) is 13.2 Å². The number of aromatic nitrogens is 3. The van der Waals surface area contributed by atoms with Crippen LogP contribution in [0.3, 0.4) is 0 Å². The molecule has 1 aliphatic heterocycles. The van der Waals surface area contributed by atoms with Gasteiger partial charge in [-0.25, -0.2) is 4.98 Å². The van der Waals surface area contributed by atoms with Crippen molar-refractivity contribution in [1.29, 1.82) is 0 Å². The van der Waals surface area contributed by atoms with Crippen LogP contribution in [0.15, 0.2) is 30.6 Å². The zero-order chi connectivity index (χ0) is 21.0. The van der Waals surface area contributed by atoms with E-state index in [1.807, 2.05) is 17.7 Å². The van der Waals surface area contributed by atoms with Gasteiger partial charge in [0.1, 0.15) is 16.9 Å². The molecule has 9 heteroatoms. The molecule has 0 fully saturated rings. The van der Waals surface area contributed by atoms with Gasteiger partial charge in [-0.2, -0.15) is 13.2 Å². The van der Waals surface area contributed by atoms with Crippen molar-refractivity contribution in [1.82, 2.24) is 19.4 Å². The van der Waals surface area contributed by atoms with Crippen molar-refractivity contribution in [2.75, 3.05) is 13.6 Å². The third-order valence-electron chi connectivity index (χ3n) is 5.39. The van der Waals surface area contributed by atoms with Crippen molar-refractivity contribution in [2.24, 2.45) is 0 Å². The molecule has 3 aromatic rings. The Bertz CT molecular complexity index is 1060. The van der Waals surface area contributed by atoms with Crippen molar-refractivity contribution in [3.8, 4) is 0 Å². The summed E-state index contributed by atoms with van der Waals surface area (Å²) in [4.78, 5) is 10.2. The smallest absolute Gasteiger partial charge is 0.384 e. The van der Waals surface area contributed by atoms with Crippen LogP contribution < -0.4 is 0 Å². The molecule has 0 radical (unpaired) electrons. The molecule has 1 unspecified atom stereocenters. The minimum atomic E-state index is -4.52. The molecule has 1 aliphatic rings. The SMILES string of the molecule is CN1CCc2c(c3cc(Cl)cnc3n2CC(C)(O)c2ccc(C(F)(F)F)nc2)C1. The van der Waals surface area contributed by atoms with Gasteiger partial charge < -0.3 is 14.6 Å². The molecular formula is C20H20ClF3N4O. The van der Waals surface area contributed by atoms with Crippen LogP contribution in [-0.2, 0) is 31.3 Å². The van der Waals surface area contributed by atoms with E-state index in [0.717, 1.165) is 48.4 Å². The van der Waals surface area contributed by atoms with E-state index in [2.05, 4.69) is 14.9 Å². The highest BCUT2D eigenvalue weighted by molar-refractivity contribution is 6.31. The lowest BCUT2D eigenvalue weighted by atomic mass is 9.97. The van der Waals surface area contributed by atoms with Crippen LogP contribution >= 0.6 is 11.6 Å². The Hall–Kier alpha value is -2.16. The van der Waals surface area contributed by atoms with Gasteiger partial charge in [0.15, 0.2) is 0 Å². The fourth-order valence-electron chi connectivity index (χ4n) is 3.87. The van der Waals surface area contributed by atoms with E-state index >= 15 is 0 Å². The second-order valence-corrected chi connectivity index (χ2v) is 8.16. The second kappa shape index (κ2) is 6.97. The highest BCUT2D eigenvalue weighted by Crippen LogP contribution is 2.34. The minimum absolute atomic E-state index is 0.143. The molecule has 3 aromatic heterocycles. The fourth-order valence-corrected chi connectivity index (χ4v) is 4.03. The number of aliphatic hydroxyl groups is 1. The van der Waals surface area contributed by atoms with Crippen molar-refractivity contribution in [2.45, 2.75) is 38.2 Å². The molecule has 4 heterocycles. The summed E-state index contributed by atoms with van der Waals surface area (Å²) in [7, 11) is 2.04. The Kier molecular flexibility index (Phi) is 4.83. The van der Waals surface area contributed by atoms with Crippen LogP contribution in [0, 0.1) is 0 Å². The van der Waals surface area contributed by atoms with Gasteiger partial charge in [-0.1, -0.05) is 17.7 Å². The summed E-state index contributed by atoms with van der Waals surface area (Å²) in [5, 5.41) is 12.6. The summed E-state index contributed by atoms with van der Waals surface area (Å²) in [5.74, 6) is 0. The second-order valence-electron chi connectivity index (χ2n) is 7.73. The van der Waals surface area contributed by atoms with E-state index in [4.69, 9.17) is 11.6 Å². The average Bonchev–Trinajstić information content (AvgIpc) is 2.93. The summed E-state index contributed by atoms with van der Waals surface area (Å²) >= 11 is 6.15. The van der Waals surface area contributed by atoms with Gasteiger partial charge in [0.25, 0.3) is 0 Å². The van der Waals surface area contributed by atoms with E-state index in [0.29, 0.717) is 16.2 Å². The van der Waals surface area contributed by atoms with Gasteiger partial charge >= 0.3 is 6.18 Å². The summed E-state index contributed by atoms with van der Waals surface area (Å²) < 4.78 is 40.3. The Morgan fingerprint density at radius 3 is 2.62 bits per heavy atom. The van der Waals surface area contributed by atoms with Crippen LogP contribution in [0.25, 0.3) is 11.0 Å². The van der Waals surface area contributed by atoms with Crippen LogP contribution in [-0.4, -0.2) is 38.1 Å². The Morgan fingerprint density at radius 1 is 1.21 bits per heavy atom. The third-order valence-corrected chi connectivity index (χ3v) is 5.60. The quantitative estimate of drug-likeness (QED) is 0.690. The molecule has 5 nitrogen and oxygen atoms in total. The van der Waals surface area contributed by atoms with Crippen molar-refractivity contribution < 1.29 is 18.3 Å². The highest BCUT2D eigenvalue weighted by atomic mass is 35.5. The van der Waals surface area contributed by atoms with E-state index in [1.54, 1.807) is 13.1 Å². The third kappa shape index (κ3) is 3.72. The first-order valence-corrected chi connectivity index (χ1v) is 9.54. The Labute approximate surface area is 170 Å². The summed E-state index contributed by atoms with van der Waals surface area (Å²) in [6.45, 7) is 3.32. The van der Waals surface area contributed by atoms with Gasteiger partial charge in [-0.3, -0.25) is 4.98 Å². The maximum absolute atomic E-state index is 12.8. The topological polar surface area (TPSA) is 54.2 Å². The number of rotatable bonds is 3. The molecule has 0 aromatic carbocycles. The Morgan fingerprint density at radius 2 is 1.97 bits per heavy atom. The number of alkyl halides is 3. The largest absolute Gasteiger partial charge is 0.433 e. The predicted octanol–water partition coefficient (Wildman–Crippen LogP) is 4.00. The van der Waals surface area contributed by atoms with E-state index in [-0.39, 0.29) is 6.54 Å². The molecule has 0 bridgehead atoms. The lowest BCUT2D eigenvalue weighted by Crippen LogP contribution is -2.32. The fraction of sp³-hybridized carbons (Fsp3) is 0.400. The summed E-state index contributed by atoms with van der Waals surface area (Å²) in [6.07, 6.45) is -1.10. The maximum atomic E-state index is 12.8. The summed E-state index contributed by atoms with van der Waals surface area (Å²) in [5.41, 5.74) is 0.776. The minimum Gasteiger partial charge on any atom is -0.384 e. The zero-order valence-electron chi connectivity index (χ0n) is 16.0. The molecule has 0 saturated heterocycles. The first-order valence-electron chi connectivity index (χ1n) is 9.16. The van der Waals surface area contributed by atoms with Crippen molar-refractivity contribution in [3.05, 3.63) is 58.1 Å². The first-order chi connectivity index (χ1) is 13.6. The number of fused-ring (bicyclic) bond motifs is 3. The molecular weight excluding hydrogens is 405 g/mol. The standard InChI is InChI=1S/C20H20ClF3N4O/c1-19(29,12-3-4-17(25-8-12)20(22,23)24)11-28-16-5-6-27(2)10-15(16)14-7-13(21)9-26-18(14)28/h3-4,7-9,29H,5-6,10-11H2,1-2H3. The highest BCUT2D eigenvalue weighted by Gasteiger charge is 2.34. The number of pyridine rings is 2. The predicted molar refractivity (Wildman–Crippen MR) is 104 cm³/mol. The van der Waals surface area contributed by atoms with Gasteiger partial charge in [0, 0.05) is 48.5 Å². The van der Waals surface area contributed by atoms with Crippen LogP contribution in [0.2, 0.25) is 5.02 Å². The van der Waals surface area contributed by atoms with Gasteiger partial charge in [0.2, 0.25) is 0 Å². The molecule has 29 heavy (non-hydrogen) atoms. The zero-order valence-corrected chi connectivity index (χ0v) is 16.7. The van der Waals surface area contributed by atoms with Gasteiger partial charge in [0.05, 0.1) is 11.6 Å². The van der Waals surface area contributed by atoms with Crippen LogP contribution in [0.1, 0.15) is 29.4 Å². The van der Waals surface area contributed by atoms with E-state index in [1.165, 1.54) is 6.07 Å². The number of hydrogen-bond donors (Lipinski definition) is 1. The number of likely N-dealkylation sites (N-methyl/N-ethyl adjacent to an activating group) is 1. The van der Waals surface area contributed by atoms with Crippen molar-refractivity contribution in [3.63, 3.8) is 0 Å². The van der Waals surface area contributed by atoms with E-state index in [9.17, 15) is 18.3 Å². The lowest BCUT2D eigenvalue weighted by Gasteiger charge is -2.28. The van der Waals surface area contributed by atoms with Crippen molar-refractivity contribution >= 4 is 22.6 Å². The number of halogens is 4. The van der Waals surface area contributed by atoms with Gasteiger partial charge in [-0.05, 0) is 31.7 Å². The molecule has 0 spiro atoms. The average molecular weight is 425 g/mol. The molecule has 1 atom stereocenters. The monoisotopic (exact) mass is 424 g/mol. The Balaban J connectivity index is 1.75. The first kappa shape index (κ1) is 20.1. The van der Waals surface area contributed by atoms with Crippen LogP contribution in [0.5, 0.6) is 0 Å². The molecule has 0 saturated carbocycles. The summed E-state index contributed by atoms with van der Waals surface area (Å²) in [6, 6.07) is 4.03. The maximum Gasteiger partial charge on any atom is 0.433 e. The normalized spacial score (nSPS) is 17.3. The molecule has 154 valence electrons. The molecule has 0 aliphatic carbocycles. The lowest BCUT2D eigenvalue weighted by molar-refractivity contribution is -0.141. The molecule has 0 amide bonds. The molecule has 4 rings (SSSR count). The van der Waals surface area contributed by atoms with Gasteiger partial charge in [-0.15, -0.1) is 0 Å². The number of hydrogen-bond acceptors (Lipinski definition) is 4. The van der Waals surface area contributed by atoms with E-state index < -0.39 is 17.5 Å². The number of nitrogens with zero attached hydrogens (tertiary/aromatic N) is 4. The molecule has 1 N–H and O–H groups in total.